The van der Waals surface area contributed by atoms with Gasteiger partial charge in [-0.2, -0.15) is 0 Å². The number of carbonyl (C=O) groups excluding carboxylic acids is 2. The van der Waals surface area contributed by atoms with Crippen molar-refractivity contribution in [3.63, 3.8) is 0 Å². The highest BCUT2D eigenvalue weighted by atomic mass is 32.2. The predicted octanol–water partition coefficient (Wildman–Crippen LogP) is 6.30. The Labute approximate surface area is 260 Å². The van der Waals surface area contributed by atoms with E-state index in [-0.39, 0.29) is 13.2 Å². The fraction of sp³-hybridized carbons (Fsp3) is 0.433. The van der Waals surface area contributed by atoms with E-state index in [9.17, 15) is 9.59 Å². The first-order valence-electron chi connectivity index (χ1n) is 14.1. The first-order valence-corrected chi connectivity index (χ1v) is 15.9. The lowest BCUT2D eigenvalue weighted by atomic mass is 10.1. The number of amides is 2. The topological polar surface area (TPSA) is 119 Å². The monoisotopic (exact) mass is 626 g/mol. The van der Waals surface area contributed by atoms with Gasteiger partial charge in [-0.3, -0.25) is 10.2 Å². The van der Waals surface area contributed by atoms with Crippen LogP contribution in [0.25, 0.3) is 0 Å². The molecular formula is C30H38N6O5S2. The quantitative estimate of drug-likeness (QED) is 0.192. The number of hydrogen-bond acceptors (Lipinski definition) is 11. The van der Waals surface area contributed by atoms with Crippen molar-refractivity contribution in [1.29, 1.82) is 0 Å². The predicted molar refractivity (Wildman–Crippen MR) is 170 cm³/mol. The van der Waals surface area contributed by atoms with Gasteiger partial charge in [-0.05, 0) is 51.0 Å². The Bertz CT molecular complexity index is 1400. The summed E-state index contributed by atoms with van der Waals surface area (Å²) in [6, 6.07) is 11.2. The number of hydrogen-bond donors (Lipinski definition) is 1. The first kappa shape index (κ1) is 32.2. The average molecular weight is 627 g/mol. The molecule has 2 amide bonds. The van der Waals surface area contributed by atoms with Crippen molar-refractivity contribution in [3.05, 3.63) is 65.3 Å². The van der Waals surface area contributed by atoms with Gasteiger partial charge in [0.2, 0.25) is 0 Å². The number of nitrogens with zero attached hydrogens (tertiary/aromatic N) is 5. The van der Waals surface area contributed by atoms with Gasteiger partial charge >= 0.3 is 12.2 Å². The van der Waals surface area contributed by atoms with Crippen LogP contribution in [0.2, 0.25) is 0 Å². The van der Waals surface area contributed by atoms with Crippen LogP contribution in [0.4, 0.5) is 26.8 Å². The molecule has 1 saturated heterocycles. The number of nitrogens with one attached hydrogen (secondary N) is 1. The largest absolute Gasteiger partial charge is 0.445 e. The molecule has 1 aliphatic heterocycles. The Kier molecular flexibility index (Phi) is 11.4. The van der Waals surface area contributed by atoms with Crippen molar-refractivity contribution >= 4 is 52.5 Å². The maximum absolute atomic E-state index is 13.7. The molecule has 1 aromatic carbocycles. The summed E-state index contributed by atoms with van der Waals surface area (Å²) < 4.78 is 17.3. The van der Waals surface area contributed by atoms with Gasteiger partial charge in [-0.25, -0.2) is 14.6 Å². The number of morpholine rings is 1. The van der Waals surface area contributed by atoms with E-state index < -0.39 is 17.8 Å². The second-order valence-corrected chi connectivity index (χ2v) is 12.9. The van der Waals surface area contributed by atoms with E-state index in [1.165, 1.54) is 11.0 Å². The number of aromatic nitrogens is 3. The van der Waals surface area contributed by atoms with Crippen molar-refractivity contribution in [2.75, 3.05) is 48.0 Å². The highest BCUT2D eigenvalue weighted by Gasteiger charge is 2.26. The van der Waals surface area contributed by atoms with Gasteiger partial charge in [-0.1, -0.05) is 54.8 Å². The van der Waals surface area contributed by atoms with Crippen LogP contribution in [0.1, 0.15) is 44.0 Å². The normalized spacial score (nSPS) is 13.3. The second-order valence-electron chi connectivity index (χ2n) is 10.7. The van der Waals surface area contributed by atoms with Crippen LogP contribution in [0, 0.1) is 0 Å². The summed E-state index contributed by atoms with van der Waals surface area (Å²) in [7, 11) is 0. The van der Waals surface area contributed by atoms with Crippen LogP contribution in [0.5, 0.6) is 0 Å². The molecule has 0 unspecified atom stereocenters. The minimum atomic E-state index is -0.719. The molecule has 0 aliphatic carbocycles. The third kappa shape index (κ3) is 9.94. The Balaban J connectivity index is 1.66. The molecule has 1 N–H and O–H groups in total. The molecular weight excluding hydrogens is 589 g/mol. The highest BCUT2D eigenvalue weighted by Crippen LogP contribution is 2.31. The van der Waals surface area contributed by atoms with Crippen molar-refractivity contribution in [1.82, 2.24) is 15.2 Å². The summed E-state index contributed by atoms with van der Waals surface area (Å²) in [5.41, 5.74) is 2.33. The van der Waals surface area contributed by atoms with Gasteiger partial charge in [-0.15, -0.1) is 10.2 Å². The fourth-order valence-corrected chi connectivity index (χ4v) is 5.85. The van der Waals surface area contributed by atoms with Gasteiger partial charge in [0.05, 0.1) is 25.5 Å². The Morgan fingerprint density at radius 1 is 1.21 bits per heavy atom. The molecule has 1 fully saturated rings. The van der Waals surface area contributed by atoms with Crippen molar-refractivity contribution < 1.29 is 23.8 Å². The van der Waals surface area contributed by atoms with Gasteiger partial charge in [0.15, 0.2) is 4.34 Å². The zero-order chi connectivity index (χ0) is 30.8. The SMILES string of the molecule is C=CCOC(=O)Nc1cccc(CN(C(=O)OC(C)(C)C)c2cc(N3CCOCC3)cc(CSc3nnc(CC)s3)n2)c1. The third-order valence-corrected chi connectivity index (χ3v) is 8.29. The molecule has 1 aliphatic rings. The summed E-state index contributed by atoms with van der Waals surface area (Å²) in [5.74, 6) is 1.02. The molecule has 0 radical (unpaired) electrons. The standard InChI is InChI=1S/C30H38N6O5S2/c1-6-13-40-27(37)32-22-10-8-9-21(16-22)19-36(29(38)41-30(3,4)5)25-18-24(35-11-14-39-15-12-35)17-23(31-25)20-42-28-34-33-26(7-2)43-28/h6,8-10,16-18H,1,7,11-15,19-20H2,2-5H3,(H,32,37). The Morgan fingerprint density at radius 3 is 2.70 bits per heavy atom. The maximum Gasteiger partial charge on any atom is 0.416 e. The molecule has 0 atom stereocenters. The van der Waals surface area contributed by atoms with E-state index in [0.29, 0.717) is 30.5 Å². The number of ether oxygens (including phenoxy) is 3. The van der Waals surface area contributed by atoms with Crippen molar-refractivity contribution in [2.24, 2.45) is 0 Å². The van der Waals surface area contributed by atoms with Crippen LogP contribution in [-0.4, -0.2) is 65.9 Å². The number of carbonyl (C=O) groups is 2. The van der Waals surface area contributed by atoms with Crippen LogP contribution in [0.15, 0.2) is 53.4 Å². The number of thioether (sulfide) groups is 1. The molecule has 4 rings (SSSR count). The fourth-order valence-electron chi connectivity index (χ4n) is 4.12. The van der Waals surface area contributed by atoms with E-state index in [0.717, 1.165) is 45.8 Å². The van der Waals surface area contributed by atoms with Crippen LogP contribution in [0.3, 0.4) is 0 Å². The average Bonchev–Trinajstić information content (AvgIpc) is 3.45. The molecule has 230 valence electrons. The van der Waals surface area contributed by atoms with Crippen LogP contribution in [-0.2, 0) is 32.9 Å². The summed E-state index contributed by atoms with van der Waals surface area (Å²) in [5, 5.41) is 12.2. The third-order valence-electron chi connectivity index (χ3n) is 6.06. The summed E-state index contributed by atoms with van der Waals surface area (Å²) in [6.45, 7) is 14.1. The van der Waals surface area contributed by atoms with Crippen LogP contribution >= 0.6 is 23.1 Å². The second kappa shape index (κ2) is 15.2. The smallest absolute Gasteiger partial charge is 0.416 e. The zero-order valence-corrected chi connectivity index (χ0v) is 26.6. The molecule has 3 heterocycles. The zero-order valence-electron chi connectivity index (χ0n) is 25.0. The maximum atomic E-state index is 13.7. The van der Waals surface area contributed by atoms with Crippen LogP contribution < -0.4 is 15.1 Å². The minimum Gasteiger partial charge on any atom is -0.445 e. The molecule has 3 aromatic rings. The number of benzene rings is 1. The lowest BCUT2D eigenvalue weighted by Gasteiger charge is -2.31. The van der Waals surface area contributed by atoms with E-state index in [1.54, 1.807) is 41.3 Å². The van der Waals surface area contributed by atoms with E-state index in [2.05, 4.69) is 40.0 Å². The number of pyridine rings is 1. The highest BCUT2D eigenvalue weighted by molar-refractivity contribution is 8.00. The molecule has 0 saturated carbocycles. The first-order chi connectivity index (χ1) is 20.6. The van der Waals surface area contributed by atoms with Crippen molar-refractivity contribution in [2.45, 2.75) is 56.4 Å². The molecule has 2 aromatic heterocycles. The Morgan fingerprint density at radius 2 is 2.00 bits per heavy atom. The summed E-state index contributed by atoms with van der Waals surface area (Å²) in [6.07, 6.45) is 1.21. The molecule has 43 heavy (non-hydrogen) atoms. The molecule has 0 spiro atoms. The van der Waals surface area contributed by atoms with Gasteiger partial charge in [0.1, 0.15) is 23.0 Å². The summed E-state index contributed by atoms with van der Waals surface area (Å²) >= 11 is 3.14. The molecule has 0 bridgehead atoms. The number of aryl methyl sites for hydroxylation is 1. The minimum absolute atomic E-state index is 0.0997. The number of rotatable bonds is 11. The summed E-state index contributed by atoms with van der Waals surface area (Å²) in [4.78, 5) is 34.5. The molecule has 13 heteroatoms. The van der Waals surface area contributed by atoms with E-state index in [1.807, 2.05) is 32.9 Å². The Hall–Kier alpha value is -3.68. The van der Waals surface area contributed by atoms with Crippen molar-refractivity contribution in [3.8, 4) is 0 Å². The van der Waals surface area contributed by atoms with Gasteiger partial charge in [0, 0.05) is 36.3 Å². The lowest BCUT2D eigenvalue weighted by molar-refractivity contribution is 0.0576. The number of anilines is 3. The van der Waals surface area contributed by atoms with E-state index in [4.69, 9.17) is 19.2 Å². The van der Waals surface area contributed by atoms with Gasteiger partial charge in [0.25, 0.3) is 0 Å². The lowest BCUT2D eigenvalue weighted by Crippen LogP contribution is -2.38. The van der Waals surface area contributed by atoms with E-state index >= 15 is 0 Å². The molecule has 11 nitrogen and oxygen atoms in total. The van der Waals surface area contributed by atoms with Gasteiger partial charge < -0.3 is 19.1 Å².